The van der Waals surface area contributed by atoms with E-state index in [-0.39, 0.29) is 5.54 Å². The maximum Gasteiger partial charge on any atom is 0.243 e. The smallest absolute Gasteiger partial charge is 0.243 e. The van der Waals surface area contributed by atoms with Gasteiger partial charge < -0.3 is 0 Å². The highest BCUT2D eigenvalue weighted by atomic mass is 79.9. The highest BCUT2D eigenvalue weighted by molar-refractivity contribution is 9.10. The van der Waals surface area contributed by atoms with Gasteiger partial charge in [0.05, 0.1) is 4.90 Å². The Morgan fingerprint density at radius 2 is 1.67 bits per heavy atom. The van der Waals surface area contributed by atoms with Crippen LogP contribution in [0.5, 0.6) is 0 Å². The molecule has 0 spiro atoms. The highest BCUT2D eigenvalue weighted by Crippen LogP contribution is 2.25. The van der Waals surface area contributed by atoms with Crippen molar-refractivity contribution in [3.05, 3.63) is 28.2 Å². The lowest BCUT2D eigenvalue weighted by atomic mass is 10.1. The molecule has 1 aliphatic rings. The molecule has 118 valence electrons. The molecule has 2 rings (SSSR count). The van der Waals surface area contributed by atoms with Crippen LogP contribution < -0.4 is 0 Å². The number of sulfonamides is 1. The fourth-order valence-corrected chi connectivity index (χ4v) is 4.78. The van der Waals surface area contributed by atoms with Gasteiger partial charge in [-0.3, -0.25) is 4.90 Å². The number of hydrogen-bond acceptors (Lipinski definition) is 3. The number of hydrogen-bond donors (Lipinski definition) is 0. The zero-order valence-electron chi connectivity index (χ0n) is 13.1. The summed E-state index contributed by atoms with van der Waals surface area (Å²) < 4.78 is 28.0. The quantitative estimate of drug-likeness (QED) is 0.798. The first-order valence-electron chi connectivity index (χ1n) is 7.14. The molecule has 1 saturated heterocycles. The van der Waals surface area contributed by atoms with Gasteiger partial charge in [0.2, 0.25) is 10.0 Å². The molecule has 1 heterocycles. The minimum absolute atomic E-state index is 0.0849. The Hall–Kier alpha value is -0.430. The molecule has 0 aromatic heterocycles. The Morgan fingerprint density at radius 3 is 2.19 bits per heavy atom. The summed E-state index contributed by atoms with van der Waals surface area (Å²) in [7, 11) is -3.41. The van der Waals surface area contributed by atoms with Crippen molar-refractivity contribution in [1.29, 1.82) is 0 Å². The molecule has 0 N–H and O–H groups in total. The summed E-state index contributed by atoms with van der Waals surface area (Å²) in [6.45, 7) is 11.0. The standard InChI is InChI=1S/C15H23BrN2O2S/c1-12-5-6-13(16)11-14(12)21(19,20)18-9-7-17(8-10-18)15(2,3)4/h5-6,11H,7-10H2,1-4H3. The fraction of sp³-hybridized carbons (Fsp3) is 0.600. The van der Waals surface area contributed by atoms with Crippen LogP contribution in [-0.2, 0) is 10.0 Å². The van der Waals surface area contributed by atoms with Crippen LogP contribution in [0.2, 0.25) is 0 Å². The highest BCUT2D eigenvalue weighted by Gasteiger charge is 2.32. The lowest BCUT2D eigenvalue weighted by molar-refractivity contribution is 0.0921. The molecule has 1 aliphatic heterocycles. The Bertz CT molecular complexity index is 615. The van der Waals surface area contributed by atoms with E-state index >= 15 is 0 Å². The van der Waals surface area contributed by atoms with Gasteiger partial charge in [-0.25, -0.2) is 8.42 Å². The van der Waals surface area contributed by atoms with Crippen molar-refractivity contribution in [2.75, 3.05) is 26.2 Å². The summed E-state index contributed by atoms with van der Waals surface area (Å²) in [5.74, 6) is 0. The third kappa shape index (κ3) is 3.67. The minimum atomic E-state index is -3.41. The first-order chi connectivity index (χ1) is 9.62. The third-order valence-corrected chi connectivity index (χ3v) is 6.49. The van der Waals surface area contributed by atoms with E-state index in [1.54, 1.807) is 10.4 Å². The first-order valence-corrected chi connectivity index (χ1v) is 9.37. The minimum Gasteiger partial charge on any atom is -0.296 e. The normalized spacial score (nSPS) is 18.9. The van der Waals surface area contributed by atoms with E-state index in [0.717, 1.165) is 23.1 Å². The van der Waals surface area contributed by atoms with E-state index in [1.165, 1.54) is 0 Å². The molecule has 21 heavy (non-hydrogen) atoms. The number of benzene rings is 1. The summed E-state index contributed by atoms with van der Waals surface area (Å²) >= 11 is 3.36. The summed E-state index contributed by atoms with van der Waals surface area (Å²) in [6, 6.07) is 5.40. The van der Waals surface area contributed by atoms with Crippen LogP contribution in [0.15, 0.2) is 27.6 Å². The van der Waals surface area contributed by atoms with E-state index < -0.39 is 10.0 Å². The second-order valence-electron chi connectivity index (χ2n) is 6.47. The fourth-order valence-electron chi connectivity index (χ4n) is 2.59. The maximum atomic E-state index is 12.8. The van der Waals surface area contributed by atoms with Crippen LogP contribution in [0.4, 0.5) is 0 Å². The van der Waals surface area contributed by atoms with Gasteiger partial charge in [-0.1, -0.05) is 22.0 Å². The van der Waals surface area contributed by atoms with Crippen LogP contribution in [0, 0.1) is 6.92 Å². The molecule has 6 heteroatoms. The molecule has 0 unspecified atom stereocenters. The van der Waals surface area contributed by atoms with Crippen LogP contribution >= 0.6 is 15.9 Å². The van der Waals surface area contributed by atoms with Crippen LogP contribution in [0.25, 0.3) is 0 Å². The van der Waals surface area contributed by atoms with Crippen molar-refractivity contribution in [2.45, 2.75) is 38.1 Å². The van der Waals surface area contributed by atoms with Crippen molar-refractivity contribution in [1.82, 2.24) is 9.21 Å². The van der Waals surface area contributed by atoms with Crippen molar-refractivity contribution < 1.29 is 8.42 Å². The average Bonchev–Trinajstić information content (AvgIpc) is 2.40. The summed E-state index contributed by atoms with van der Waals surface area (Å²) in [5.41, 5.74) is 0.873. The Kier molecular flexibility index (Phi) is 4.83. The van der Waals surface area contributed by atoms with Crippen molar-refractivity contribution in [3.8, 4) is 0 Å². The Labute approximate surface area is 136 Å². The molecule has 0 bridgehead atoms. The number of rotatable bonds is 2. The van der Waals surface area contributed by atoms with E-state index in [1.807, 2.05) is 19.1 Å². The van der Waals surface area contributed by atoms with Gasteiger partial charge >= 0.3 is 0 Å². The van der Waals surface area contributed by atoms with Crippen LogP contribution in [0.3, 0.4) is 0 Å². The summed E-state index contributed by atoms with van der Waals surface area (Å²) in [4.78, 5) is 2.73. The third-order valence-electron chi connectivity index (χ3n) is 3.96. The van der Waals surface area contributed by atoms with Gasteiger partial charge in [0.25, 0.3) is 0 Å². The molecule has 1 aromatic rings. The van der Waals surface area contributed by atoms with E-state index in [2.05, 4.69) is 41.6 Å². The number of nitrogens with zero attached hydrogens (tertiary/aromatic N) is 2. The second kappa shape index (κ2) is 5.99. The maximum absolute atomic E-state index is 12.8. The largest absolute Gasteiger partial charge is 0.296 e. The predicted octanol–water partition coefficient (Wildman–Crippen LogP) is 2.86. The molecule has 0 amide bonds. The van der Waals surface area contributed by atoms with Gasteiger partial charge in [0.15, 0.2) is 0 Å². The molecule has 1 aromatic carbocycles. The first kappa shape index (κ1) is 16.9. The topological polar surface area (TPSA) is 40.6 Å². The number of piperazine rings is 1. The van der Waals surface area contributed by atoms with Gasteiger partial charge in [-0.2, -0.15) is 4.31 Å². The summed E-state index contributed by atoms with van der Waals surface area (Å²) in [5, 5.41) is 0. The monoisotopic (exact) mass is 374 g/mol. The lowest BCUT2D eigenvalue weighted by Gasteiger charge is -2.41. The van der Waals surface area contributed by atoms with Gasteiger partial charge in [-0.05, 0) is 45.4 Å². The van der Waals surface area contributed by atoms with E-state index in [0.29, 0.717) is 18.0 Å². The zero-order valence-corrected chi connectivity index (χ0v) is 15.5. The van der Waals surface area contributed by atoms with Gasteiger partial charge in [0, 0.05) is 36.2 Å². The van der Waals surface area contributed by atoms with Crippen molar-refractivity contribution in [3.63, 3.8) is 0 Å². The molecule has 0 atom stereocenters. The summed E-state index contributed by atoms with van der Waals surface area (Å²) in [6.07, 6.45) is 0. The molecule has 0 radical (unpaired) electrons. The predicted molar refractivity (Wildman–Crippen MR) is 89.0 cm³/mol. The molecule has 0 saturated carbocycles. The Balaban J connectivity index is 2.21. The Morgan fingerprint density at radius 1 is 1.10 bits per heavy atom. The second-order valence-corrected chi connectivity index (χ2v) is 9.29. The van der Waals surface area contributed by atoms with Gasteiger partial charge in [-0.15, -0.1) is 0 Å². The van der Waals surface area contributed by atoms with Crippen molar-refractivity contribution in [2.24, 2.45) is 0 Å². The van der Waals surface area contributed by atoms with Crippen LogP contribution in [-0.4, -0.2) is 49.3 Å². The molecule has 1 fully saturated rings. The molecule has 0 aliphatic carbocycles. The molecular formula is C15H23BrN2O2S. The number of halogens is 1. The lowest BCUT2D eigenvalue weighted by Crippen LogP contribution is -2.54. The SMILES string of the molecule is Cc1ccc(Br)cc1S(=O)(=O)N1CCN(C(C)(C)C)CC1. The molecular weight excluding hydrogens is 352 g/mol. The van der Waals surface area contributed by atoms with Crippen LogP contribution in [0.1, 0.15) is 26.3 Å². The van der Waals surface area contributed by atoms with Gasteiger partial charge in [0.1, 0.15) is 0 Å². The van der Waals surface area contributed by atoms with E-state index in [9.17, 15) is 8.42 Å². The zero-order chi connectivity index (χ0) is 15.8. The van der Waals surface area contributed by atoms with Crippen molar-refractivity contribution >= 4 is 26.0 Å². The van der Waals surface area contributed by atoms with E-state index in [4.69, 9.17) is 0 Å². The molecule has 4 nitrogen and oxygen atoms in total. The average molecular weight is 375 g/mol. The number of aryl methyl sites for hydroxylation is 1.